The third-order valence-electron chi connectivity index (χ3n) is 2.50. The molecule has 1 aromatic carbocycles. The topological polar surface area (TPSA) is 12.9 Å². The molecule has 0 fully saturated rings. The maximum atomic E-state index is 13.6. The van der Waals surface area contributed by atoms with Gasteiger partial charge in [0.05, 0.1) is 5.56 Å². The monoisotopic (exact) mass is 311 g/mol. The van der Waals surface area contributed by atoms with Crippen molar-refractivity contribution in [3.8, 4) is 11.1 Å². The quantitative estimate of drug-likeness (QED) is 0.542. The van der Waals surface area contributed by atoms with Gasteiger partial charge in [0.2, 0.25) is 5.95 Å². The van der Waals surface area contributed by atoms with E-state index in [9.17, 15) is 26.3 Å². The number of halogens is 7. The molecule has 106 valence electrons. The number of hydrogen-bond donors (Lipinski definition) is 0. The van der Waals surface area contributed by atoms with Gasteiger partial charge in [0.25, 0.3) is 5.95 Å². The zero-order chi connectivity index (χ0) is 15.1. The summed E-state index contributed by atoms with van der Waals surface area (Å²) in [5.41, 5.74) is -1.85. The summed E-state index contributed by atoms with van der Waals surface area (Å²) in [7, 11) is 0. The molecule has 0 bridgehead atoms. The highest BCUT2D eigenvalue weighted by molar-refractivity contribution is 6.33. The molecule has 0 radical (unpaired) electrons. The van der Waals surface area contributed by atoms with Crippen LogP contribution in [0.25, 0.3) is 11.1 Å². The predicted molar refractivity (Wildman–Crippen MR) is 59.6 cm³/mol. The van der Waals surface area contributed by atoms with Gasteiger partial charge in [-0.25, -0.2) is 4.39 Å². The van der Waals surface area contributed by atoms with Crippen LogP contribution in [-0.4, -0.2) is 4.98 Å². The molecule has 0 unspecified atom stereocenters. The molecule has 1 aromatic heterocycles. The maximum absolute atomic E-state index is 13.6. The first-order chi connectivity index (χ1) is 9.21. The van der Waals surface area contributed by atoms with E-state index in [-0.39, 0.29) is 5.56 Å². The van der Waals surface area contributed by atoms with Crippen molar-refractivity contribution in [2.45, 2.75) is 6.18 Å². The Morgan fingerprint density at radius 1 is 0.900 bits per heavy atom. The minimum absolute atomic E-state index is 0.194. The molecule has 2 aromatic rings. The molecule has 0 N–H and O–H groups in total. The number of benzene rings is 1. The van der Waals surface area contributed by atoms with Gasteiger partial charge in [-0.1, -0.05) is 23.7 Å². The average Bonchev–Trinajstić information content (AvgIpc) is 2.36. The van der Waals surface area contributed by atoms with Crippen molar-refractivity contribution in [1.82, 2.24) is 4.98 Å². The van der Waals surface area contributed by atoms with Gasteiger partial charge < -0.3 is 0 Å². The molecule has 0 aliphatic heterocycles. The second-order valence-corrected chi connectivity index (χ2v) is 4.15. The van der Waals surface area contributed by atoms with Crippen LogP contribution in [0.5, 0.6) is 0 Å². The molecule has 0 spiro atoms. The van der Waals surface area contributed by atoms with Crippen LogP contribution in [-0.2, 0) is 6.18 Å². The van der Waals surface area contributed by atoms with Crippen molar-refractivity contribution >= 4 is 11.6 Å². The van der Waals surface area contributed by atoms with Crippen LogP contribution in [0.1, 0.15) is 5.56 Å². The van der Waals surface area contributed by atoms with Crippen molar-refractivity contribution in [1.29, 1.82) is 0 Å². The normalized spacial score (nSPS) is 11.8. The highest BCUT2D eigenvalue weighted by Gasteiger charge is 2.30. The molecule has 1 heterocycles. The summed E-state index contributed by atoms with van der Waals surface area (Å²) in [6.45, 7) is 0. The van der Waals surface area contributed by atoms with Gasteiger partial charge >= 0.3 is 6.18 Å². The van der Waals surface area contributed by atoms with E-state index in [1.165, 1.54) is 0 Å². The molecule has 2 rings (SSSR count). The molecular formula is C12H4ClF6N. The predicted octanol–water partition coefficient (Wildman–Crippen LogP) is 4.84. The summed E-state index contributed by atoms with van der Waals surface area (Å²) in [5.74, 6) is -4.70. The van der Waals surface area contributed by atoms with Crippen LogP contribution in [0.2, 0.25) is 5.02 Å². The molecule has 20 heavy (non-hydrogen) atoms. The largest absolute Gasteiger partial charge is 0.416 e. The van der Waals surface area contributed by atoms with Crippen molar-refractivity contribution in [3.05, 3.63) is 52.6 Å². The van der Waals surface area contributed by atoms with Crippen LogP contribution in [0.3, 0.4) is 0 Å². The standard InChI is InChI=1S/C12H4ClF6N/c13-8-7(9(14)11(16)20-10(8)15)5-1-3-6(4-2-5)12(17,18)19/h1-4H. The fraction of sp³-hybridized carbons (Fsp3) is 0.0833. The molecule has 8 heteroatoms. The van der Waals surface area contributed by atoms with Crippen LogP contribution >= 0.6 is 11.6 Å². The van der Waals surface area contributed by atoms with Crippen LogP contribution in [0.15, 0.2) is 24.3 Å². The molecule has 0 saturated heterocycles. The van der Waals surface area contributed by atoms with Crippen LogP contribution in [0, 0.1) is 17.7 Å². The fourth-order valence-electron chi connectivity index (χ4n) is 1.57. The average molecular weight is 312 g/mol. The van der Waals surface area contributed by atoms with E-state index in [4.69, 9.17) is 11.6 Å². The van der Waals surface area contributed by atoms with E-state index in [0.717, 1.165) is 12.1 Å². The highest BCUT2D eigenvalue weighted by atomic mass is 35.5. The Kier molecular flexibility index (Phi) is 3.64. The summed E-state index contributed by atoms with van der Waals surface area (Å²) in [4.78, 5) is 2.60. The second-order valence-electron chi connectivity index (χ2n) is 3.77. The lowest BCUT2D eigenvalue weighted by Crippen LogP contribution is -2.04. The lowest BCUT2D eigenvalue weighted by molar-refractivity contribution is -0.137. The van der Waals surface area contributed by atoms with Gasteiger partial charge in [-0.2, -0.15) is 26.9 Å². The van der Waals surface area contributed by atoms with Crippen LogP contribution in [0.4, 0.5) is 26.3 Å². The molecule has 1 nitrogen and oxygen atoms in total. The van der Waals surface area contributed by atoms with E-state index in [1.54, 1.807) is 0 Å². The van der Waals surface area contributed by atoms with E-state index in [0.29, 0.717) is 12.1 Å². The van der Waals surface area contributed by atoms with Gasteiger partial charge in [-0.3, -0.25) is 0 Å². The third-order valence-corrected chi connectivity index (χ3v) is 2.84. The summed E-state index contributed by atoms with van der Waals surface area (Å²) in [6, 6.07) is 3.04. The first kappa shape index (κ1) is 14.6. The fourth-order valence-corrected chi connectivity index (χ4v) is 1.80. The van der Waals surface area contributed by atoms with E-state index in [1.807, 2.05) is 0 Å². The van der Waals surface area contributed by atoms with Crippen molar-refractivity contribution < 1.29 is 26.3 Å². The highest BCUT2D eigenvalue weighted by Crippen LogP contribution is 2.35. The molecule has 0 amide bonds. The van der Waals surface area contributed by atoms with Gasteiger partial charge in [0.1, 0.15) is 5.02 Å². The Labute approximate surface area is 113 Å². The van der Waals surface area contributed by atoms with Gasteiger partial charge in [0.15, 0.2) is 5.82 Å². The summed E-state index contributed by atoms with van der Waals surface area (Å²) in [6.07, 6.45) is -4.57. The third kappa shape index (κ3) is 2.58. The van der Waals surface area contributed by atoms with Gasteiger partial charge in [-0.05, 0) is 17.7 Å². The number of rotatable bonds is 1. The maximum Gasteiger partial charge on any atom is 0.416 e. The Morgan fingerprint density at radius 2 is 1.45 bits per heavy atom. The van der Waals surface area contributed by atoms with E-state index in [2.05, 4.69) is 4.98 Å². The first-order valence-electron chi connectivity index (χ1n) is 5.09. The second kappa shape index (κ2) is 4.97. The summed E-state index contributed by atoms with van der Waals surface area (Å²) in [5, 5.41) is -0.802. The molecular weight excluding hydrogens is 308 g/mol. The minimum atomic E-state index is -4.57. The van der Waals surface area contributed by atoms with Crippen molar-refractivity contribution in [2.24, 2.45) is 0 Å². The smallest absolute Gasteiger partial charge is 0.201 e. The zero-order valence-electron chi connectivity index (χ0n) is 9.40. The Morgan fingerprint density at radius 3 is 1.95 bits per heavy atom. The van der Waals surface area contributed by atoms with Gasteiger partial charge in [-0.15, -0.1) is 0 Å². The summed E-state index contributed by atoms with van der Waals surface area (Å²) >= 11 is 5.47. The SMILES string of the molecule is Fc1nc(F)c(Cl)c(-c2ccc(C(F)(F)F)cc2)c1F. The zero-order valence-corrected chi connectivity index (χ0v) is 10.2. The van der Waals surface area contributed by atoms with Crippen LogP contribution < -0.4 is 0 Å². The number of aromatic nitrogens is 1. The van der Waals surface area contributed by atoms with Gasteiger partial charge in [0, 0.05) is 5.56 Å². The Bertz CT molecular complexity index is 624. The number of hydrogen-bond acceptors (Lipinski definition) is 1. The first-order valence-corrected chi connectivity index (χ1v) is 5.47. The molecule has 0 aliphatic rings. The lowest BCUT2D eigenvalue weighted by atomic mass is 10.0. The minimum Gasteiger partial charge on any atom is -0.201 e. The molecule has 0 atom stereocenters. The van der Waals surface area contributed by atoms with E-state index < -0.39 is 40.0 Å². The van der Waals surface area contributed by atoms with E-state index >= 15 is 0 Å². The number of alkyl halides is 3. The van der Waals surface area contributed by atoms with Crippen molar-refractivity contribution in [3.63, 3.8) is 0 Å². The number of pyridine rings is 1. The summed E-state index contributed by atoms with van der Waals surface area (Å²) < 4.78 is 76.8. The molecule has 0 aliphatic carbocycles. The lowest BCUT2D eigenvalue weighted by Gasteiger charge is -2.10. The number of nitrogens with zero attached hydrogens (tertiary/aromatic N) is 1. The Hall–Kier alpha value is -1.76. The van der Waals surface area contributed by atoms with Crippen molar-refractivity contribution in [2.75, 3.05) is 0 Å². The molecule has 0 saturated carbocycles. The Balaban J connectivity index is 2.58.